The molecule has 0 fully saturated rings. The van der Waals surface area contributed by atoms with Gasteiger partial charge in [-0.2, -0.15) is 4.31 Å². The summed E-state index contributed by atoms with van der Waals surface area (Å²) in [7, 11) is -3.56. The third-order valence-electron chi connectivity index (χ3n) is 5.18. The quantitative estimate of drug-likeness (QED) is 0.335. The van der Waals surface area contributed by atoms with Gasteiger partial charge in [0, 0.05) is 34.7 Å². The summed E-state index contributed by atoms with van der Waals surface area (Å²) in [5.41, 5.74) is 3.78. The highest BCUT2D eigenvalue weighted by molar-refractivity contribution is 9.13. The first kappa shape index (κ1) is 21.0. The van der Waals surface area contributed by atoms with Crippen molar-refractivity contribution >= 4 is 75.6 Å². The molecule has 0 saturated carbocycles. The lowest BCUT2D eigenvalue weighted by molar-refractivity contribution is 0.392. The van der Waals surface area contributed by atoms with E-state index in [0.29, 0.717) is 23.7 Å². The van der Waals surface area contributed by atoms with Gasteiger partial charge >= 0.3 is 0 Å². The Balaban J connectivity index is 1.42. The first-order valence-electron chi connectivity index (χ1n) is 9.45. The molecule has 4 heterocycles. The summed E-state index contributed by atoms with van der Waals surface area (Å²) in [6.45, 7) is 0.719. The molecule has 1 aromatic carbocycles. The largest absolute Gasteiger partial charge is 0.339 e. The Kier molecular flexibility index (Phi) is 5.59. The van der Waals surface area contributed by atoms with Crippen molar-refractivity contribution in [3.8, 4) is 0 Å². The lowest BCUT2D eigenvalue weighted by Crippen LogP contribution is -2.36. The maximum absolute atomic E-state index is 13.1. The van der Waals surface area contributed by atoms with Gasteiger partial charge in [0.15, 0.2) is 0 Å². The zero-order valence-electron chi connectivity index (χ0n) is 16.0. The summed E-state index contributed by atoms with van der Waals surface area (Å²) in [6, 6.07) is 13.5. The SMILES string of the molecule is O=S(=O)(c1cc(Br)c(Br)s1)N1CCc2c(ccnc2Nc2cnc3ccccc3c2)C1. The molecule has 0 aliphatic carbocycles. The third kappa shape index (κ3) is 4.03. The van der Waals surface area contributed by atoms with Gasteiger partial charge in [0.1, 0.15) is 10.0 Å². The molecule has 0 spiro atoms. The number of fused-ring (bicyclic) bond motifs is 2. The molecule has 4 aromatic rings. The van der Waals surface area contributed by atoms with Crippen LogP contribution in [0.3, 0.4) is 0 Å². The fourth-order valence-electron chi connectivity index (χ4n) is 3.64. The van der Waals surface area contributed by atoms with Crippen LogP contribution in [-0.2, 0) is 23.0 Å². The van der Waals surface area contributed by atoms with Crippen LogP contribution >= 0.6 is 43.2 Å². The van der Waals surface area contributed by atoms with Gasteiger partial charge in [-0.3, -0.25) is 4.98 Å². The summed E-state index contributed by atoms with van der Waals surface area (Å²) < 4.78 is 29.6. The van der Waals surface area contributed by atoms with Crippen molar-refractivity contribution in [2.75, 3.05) is 11.9 Å². The summed E-state index contributed by atoms with van der Waals surface area (Å²) in [6.07, 6.45) is 4.08. The van der Waals surface area contributed by atoms with E-state index >= 15 is 0 Å². The van der Waals surface area contributed by atoms with Gasteiger partial charge in [-0.25, -0.2) is 13.4 Å². The summed E-state index contributed by atoms with van der Waals surface area (Å²) in [5, 5.41) is 4.41. The fourth-order valence-corrected chi connectivity index (χ4v) is 8.03. The molecular weight excluding hydrogens is 564 g/mol. The number of hydrogen-bond donors (Lipinski definition) is 1. The number of anilines is 2. The smallest absolute Gasteiger partial charge is 0.252 e. The Morgan fingerprint density at radius 1 is 1.10 bits per heavy atom. The molecule has 158 valence electrons. The molecule has 1 aliphatic rings. The number of hydrogen-bond acceptors (Lipinski definition) is 6. The molecule has 0 atom stereocenters. The van der Waals surface area contributed by atoms with Crippen LogP contribution in [0.5, 0.6) is 0 Å². The number of pyridine rings is 2. The maximum Gasteiger partial charge on any atom is 0.252 e. The molecule has 0 saturated heterocycles. The first-order chi connectivity index (χ1) is 14.9. The second-order valence-corrected chi connectivity index (χ2v) is 12.5. The lowest BCUT2D eigenvalue weighted by Gasteiger charge is -2.28. The molecule has 1 N–H and O–H groups in total. The van der Waals surface area contributed by atoms with Gasteiger partial charge in [0.25, 0.3) is 10.0 Å². The topological polar surface area (TPSA) is 75.2 Å². The Hall–Kier alpha value is -1.85. The number of nitrogens with zero attached hydrogens (tertiary/aromatic N) is 3. The van der Waals surface area contributed by atoms with Crippen molar-refractivity contribution in [1.82, 2.24) is 14.3 Å². The molecule has 1 aliphatic heterocycles. The molecule has 10 heteroatoms. The van der Waals surface area contributed by atoms with Crippen molar-refractivity contribution in [3.05, 3.63) is 74.2 Å². The van der Waals surface area contributed by atoms with Crippen molar-refractivity contribution < 1.29 is 8.42 Å². The molecule has 0 bridgehead atoms. The van der Waals surface area contributed by atoms with E-state index < -0.39 is 10.0 Å². The Bertz CT molecular complexity index is 1390. The van der Waals surface area contributed by atoms with Gasteiger partial charge in [0.2, 0.25) is 0 Å². The van der Waals surface area contributed by atoms with E-state index in [-0.39, 0.29) is 0 Å². The van der Waals surface area contributed by atoms with Gasteiger partial charge in [-0.15, -0.1) is 11.3 Å². The average molecular weight is 580 g/mol. The number of benzene rings is 1. The van der Waals surface area contributed by atoms with Gasteiger partial charge < -0.3 is 5.32 Å². The van der Waals surface area contributed by atoms with Gasteiger partial charge in [-0.05, 0) is 68.1 Å². The standard InChI is InChI=1S/C21H16Br2N4O2S2/c22-17-10-19(30-20(17)23)31(28,29)27-8-6-16-14(12-27)5-7-24-21(16)26-15-9-13-3-1-2-4-18(13)25-11-15/h1-5,7,9-11H,6,8,12H2,(H,24,26). The molecule has 0 unspecified atom stereocenters. The van der Waals surface area contributed by atoms with E-state index in [0.717, 1.165) is 41.8 Å². The molecule has 0 radical (unpaired) electrons. The molecule has 5 rings (SSSR count). The summed E-state index contributed by atoms with van der Waals surface area (Å²) >= 11 is 7.97. The number of aromatic nitrogens is 2. The molecule has 0 amide bonds. The minimum absolute atomic E-state index is 0.317. The Morgan fingerprint density at radius 3 is 2.74 bits per heavy atom. The van der Waals surface area contributed by atoms with Crippen LogP contribution in [0.15, 0.2) is 67.3 Å². The highest BCUT2D eigenvalue weighted by Crippen LogP contribution is 2.38. The predicted molar refractivity (Wildman–Crippen MR) is 130 cm³/mol. The van der Waals surface area contributed by atoms with Crippen molar-refractivity contribution in [3.63, 3.8) is 0 Å². The zero-order valence-corrected chi connectivity index (χ0v) is 20.9. The van der Waals surface area contributed by atoms with E-state index in [2.05, 4.69) is 47.1 Å². The molecular formula is C21H16Br2N4O2S2. The van der Waals surface area contributed by atoms with E-state index in [1.54, 1.807) is 18.5 Å². The minimum atomic E-state index is -3.56. The number of rotatable bonds is 4. The third-order valence-corrected chi connectivity index (χ3v) is 10.7. The molecule has 31 heavy (non-hydrogen) atoms. The number of nitrogens with one attached hydrogen (secondary N) is 1. The van der Waals surface area contributed by atoms with Crippen LogP contribution in [0.25, 0.3) is 10.9 Å². The summed E-state index contributed by atoms with van der Waals surface area (Å²) in [4.78, 5) is 9.00. The first-order valence-corrected chi connectivity index (χ1v) is 13.3. The second-order valence-electron chi connectivity index (χ2n) is 7.11. The van der Waals surface area contributed by atoms with E-state index in [4.69, 9.17) is 0 Å². The van der Waals surface area contributed by atoms with Crippen LogP contribution in [-0.4, -0.2) is 29.2 Å². The molecule has 6 nitrogen and oxygen atoms in total. The lowest BCUT2D eigenvalue weighted by atomic mass is 10.0. The van der Waals surface area contributed by atoms with Crippen LogP contribution < -0.4 is 5.32 Å². The Labute approximate surface area is 200 Å². The van der Waals surface area contributed by atoms with Crippen LogP contribution in [0.4, 0.5) is 11.5 Å². The van der Waals surface area contributed by atoms with Crippen molar-refractivity contribution in [1.29, 1.82) is 0 Å². The highest BCUT2D eigenvalue weighted by atomic mass is 79.9. The average Bonchev–Trinajstić information content (AvgIpc) is 3.12. The van der Waals surface area contributed by atoms with E-state index in [1.165, 1.54) is 15.6 Å². The van der Waals surface area contributed by atoms with Crippen LogP contribution in [0, 0.1) is 0 Å². The van der Waals surface area contributed by atoms with Gasteiger partial charge in [-0.1, -0.05) is 18.2 Å². The number of halogens is 2. The minimum Gasteiger partial charge on any atom is -0.339 e. The van der Waals surface area contributed by atoms with E-state index in [1.807, 2.05) is 36.4 Å². The van der Waals surface area contributed by atoms with Crippen LogP contribution in [0.2, 0.25) is 0 Å². The number of para-hydroxylation sites is 1. The monoisotopic (exact) mass is 578 g/mol. The predicted octanol–water partition coefficient (Wildman–Crippen LogP) is 5.71. The second kappa shape index (κ2) is 8.25. The van der Waals surface area contributed by atoms with Crippen LogP contribution in [0.1, 0.15) is 11.1 Å². The van der Waals surface area contributed by atoms with Crippen molar-refractivity contribution in [2.45, 2.75) is 17.2 Å². The van der Waals surface area contributed by atoms with E-state index in [9.17, 15) is 8.42 Å². The number of thiophene rings is 1. The summed E-state index contributed by atoms with van der Waals surface area (Å²) in [5.74, 6) is 0.744. The highest BCUT2D eigenvalue weighted by Gasteiger charge is 2.31. The fraction of sp³-hybridized carbons (Fsp3) is 0.143. The normalized spacial score (nSPS) is 14.5. The maximum atomic E-state index is 13.1. The Morgan fingerprint density at radius 2 is 1.94 bits per heavy atom. The van der Waals surface area contributed by atoms with Crippen molar-refractivity contribution in [2.24, 2.45) is 0 Å². The molecule has 3 aromatic heterocycles. The number of sulfonamides is 1. The zero-order chi connectivity index (χ0) is 21.6. The van der Waals surface area contributed by atoms with Gasteiger partial charge in [0.05, 0.1) is 21.2 Å².